The molecular formula is C24H26N2O4. The number of rotatable bonds is 7. The molecule has 1 atom stereocenters. The van der Waals surface area contributed by atoms with E-state index >= 15 is 0 Å². The molecule has 4 rings (SSSR count). The van der Waals surface area contributed by atoms with E-state index in [0.717, 1.165) is 17.3 Å². The Morgan fingerprint density at radius 2 is 1.83 bits per heavy atom. The van der Waals surface area contributed by atoms with Crippen LogP contribution < -0.4 is 14.2 Å². The van der Waals surface area contributed by atoms with Gasteiger partial charge < -0.3 is 19.1 Å². The molecule has 6 heteroatoms. The zero-order chi connectivity index (χ0) is 20.9. The van der Waals surface area contributed by atoms with Gasteiger partial charge in [0.05, 0.1) is 25.3 Å². The lowest BCUT2D eigenvalue weighted by atomic mass is 10.1. The summed E-state index contributed by atoms with van der Waals surface area (Å²) in [4.78, 5) is 19.4. The highest BCUT2D eigenvalue weighted by molar-refractivity contribution is 5.95. The Labute approximate surface area is 176 Å². The van der Waals surface area contributed by atoms with Crippen LogP contribution in [0.3, 0.4) is 0 Å². The summed E-state index contributed by atoms with van der Waals surface area (Å²) in [5, 5.41) is 1.08. The SMILES string of the molecule is CCOc1ccc(C(=O)N2CCC(Oc3ccc4ccccc4n3)C2)cc1OCC. The third-order valence-electron chi connectivity index (χ3n) is 5.08. The first-order valence-electron chi connectivity index (χ1n) is 10.4. The van der Waals surface area contributed by atoms with Crippen LogP contribution in [0.2, 0.25) is 0 Å². The van der Waals surface area contributed by atoms with Crippen LogP contribution in [0.25, 0.3) is 10.9 Å². The summed E-state index contributed by atoms with van der Waals surface area (Å²) in [7, 11) is 0. The van der Waals surface area contributed by atoms with Gasteiger partial charge in [-0.2, -0.15) is 0 Å². The fourth-order valence-electron chi connectivity index (χ4n) is 3.66. The number of carbonyl (C=O) groups excluding carboxylic acids is 1. The van der Waals surface area contributed by atoms with Crippen molar-refractivity contribution in [3.05, 3.63) is 60.2 Å². The van der Waals surface area contributed by atoms with E-state index in [4.69, 9.17) is 14.2 Å². The first-order chi connectivity index (χ1) is 14.7. The van der Waals surface area contributed by atoms with Crippen LogP contribution in [0.5, 0.6) is 17.4 Å². The largest absolute Gasteiger partial charge is 0.490 e. The highest BCUT2D eigenvalue weighted by Crippen LogP contribution is 2.30. The lowest BCUT2D eigenvalue weighted by molar-refractivity contribution is 0.0770. The fraction of sp³-hybridized carbons (Fsp3) is 0.333. The number of benzene rings is 2. The van der Waals surface area contributed by atoms with E-state index in [0.29, 0.717) is 49.2 Å². The van der Waals surface area contributed by atoms with E-state index in [-0.39, 0.29) is 12.0 Å². The second-order valence-electron chi connectivity index (χ2n) is 7.15. The predicted molar refractivity (Wildman–Crippen MR) is 115 cm³/mol. The summed E-state index contributed by atoms with van der Waals surface area (Å²) in [6.45, 7) is 6.06. The average molecular weight is 406 g/mol. The van der Waals surface area contributed by atoms with Gasteiger partial charge in [-0.3, -0.25) is 4.79 Å². The topological polar surface area (TPSA) is 60.9 Å². The molecule has 1 amide bonds. The molecule has 0 spiro atoms. The molecule has 1 saturated heterocycles. The normalized spacial score (nSPS) is 15.9. The summed E-state index contributed by atoms with van der Waals surface area (Å²) in [6, 6.07) is 17.2. The number of fused-ring (bicyclic) bond motifs is 1. The number of carbonyl (C=O) groups is 1. The summed E-state index contributed by atoms with van der Waals surface area (Å²) in [6.07, 6.45) is 0.701. The summed E-state index contributed by atoms with van der Waals surface area (Å²) >= 11 is 0. The number of amides is 1. The van der Waals surface area contributed by atoms with E-state index in [9.17, 15) is 4.79 Å². The van der Waals surface area contributed by atoms with E-state index in [1.165, 1.54) is 0 Å². The molecule has 0 N–H and O–H groups in total. The molecule has 1 unspecified atom stereocenters. The molecule has 1 aromatic heterocycles. The maximum Gasteiger partial charge on any atom is 0.254 e. The number of hydrogen-bond donors (Lipinski definition) is 0. The van der Waals surface area contributed by atoms with Gasteiger partial charge in [-0.1, -0.05) is 18.2 Å². The lowest BCUT2D eigenvalue weighted by Crippen LogP contribution is -2.31. The van der Waals surface area contributed by atoms with Crippen molar-refractivity contribution in [2.75, 3.05) is 26.3 Å². The standard InChI is InChI=1S/C24H26N2O4/c1-3-28-21-11-9-18(15-22(21)29-4-2)24(27)26-14-13-19(16-26)30-23-12-10-17-7-5-6-8-20(17)25-23/h5-12,15,19H,3-4,13-14,16H2,1-2H3. The quantitative estimate of drug-likeness (QED) is 0.585. The Hall–Kier alpha value is -3.28. The molecule has 0 radical (unpaired) electrons. The minimum absolute atomic E-state index is 0.0310. The number of pyridine rings is 1. The van der Waals surface area contributed by atoms with Gasteiger partial charge in [0.15, 0.2) is 11.5 Å². The van der Waals surface area contributed by atoms with E-state index in [1.54, 1.807) is 18.2 Å². The Balaban J connectivity index is 1.43. The molecule has 0 bridgehead atoms. The van der Waals surface area contributed by atoms with Crippen molar-refractivity contribution in [1.82, 2.24) is 9.88 Å². The van der Waals surface area contributed by atoms with Crippen molar-refractivity contribution in [2.24, 2.45) is 0 Å². The molecule has 2 heterocycles. The van der Waals surface area contributed by atoms with Crippen LogP contribution in [0.1, 0.15) is 30.6 Å². The Bertz CT molecular complexity index is 1040. The minimum Gasteiger partial charge on any atom is -0.490 e. The molecule has 1 aliphatic heterocycles. The first-order valence-corrected chi connectivity index (χ1v) is 10.4. The molecule has 6 nitrogen and oxygen atoms in total. The molecule has 3 aromatic rings. The van der Waals surface area contributed by atoms with Gasteiger partial charge in [-0.05, 0) is 44.2 Å². The van der Waals surface area contributed by atoms with Crippen LogP contribution in [-0.2, 0) is 0 Å². The predicted octanol–water partition coefficient (Wildman–Crippen LogP) is 4.33. The Morgan fingerprint density at radius 1 is 1.03 bits per heavy atom. The van der Waals surface area contributed by atoms with Crippen LogP contribution in [0, 0.1) is 0 Å². The van der Waals surface area contributed by atoms with Crippen LogP contribution in [0.15, 0.2) is 54.6 Å². The molecule has 1 fully saturated rings. The average Bonchev–Trinajstić information content (AvgIpc) is 3.23. The van der Waals surface area contributed by atoms with Crippen LogP contribution in [0.4, 0.5) is 0 Å². The number of nitrogens with zero attached hydrogens (tertiary/aromatic N) is 2. The zero-order valence-corrected chi connectivity index (χ0v) is 17.3. The number of likely N-dealkylation sites (tertiary alicyclic amines) is 1. The van der Waals surface area contributed by atoms with Crippen molar-refractivity contribution < 1.29 is 19.0 Å². The molecule has 156 valence electrons. The van der Waals surface area contributed by atoms with Gasteiger partial charge in [-0.15, -0.1) is 0 Å². The van der Waals surface area contributed by atoms with Gasteiger partial charge in [0.1, 0.15) is 6.10 Å². The van der Waals surface area contributed by atoms with Crippen molar-refractivity contribution in [3.63, 3.8) is 0 Å². The molecular weight excluding hydrogens is 380 g/mol. The first kappa shape index (κ1) is 20.0. The van der Waals surface area contributed by atoms with Crippen LogP contribution in [-0.4, -0.2) is 48.2 Å². The number of hydrogen-bond acceptors (Lipinski definition) is 5. The lowest BCUT2D eigenvalue weighted by Gasteiger charge is -2.18. The monoisotopic (exact) mass is 406 g/mol. The van der Waals surface area contributed by atoms with E-state index < -0.39 is 0 Å². The van der Waals surface area contributed by atoms with Crippen molar-refractivity contribution >= 4 is 16.8 Å². The fourth-order valence-corrected chi connectivity index (χ4v) is 3.66. The molecule has 0 saturated carbocycles. The number of ether oxygens (including phenoxy) is 3. The van der Waals surface area contributed by atoms with Gasteiger partial charge in [0.25, 0.3) is 5.91 Å². The van der Waals surface area contributed by atoms with Crippen molar-refractivity contribution in [1.29, 1.82) is 0 Å². The van der Waals surface area contributed by atoms with E-state index in [1.807, 2.05) is 55.1 Å². The maximum absolute atomic E-state index is 13.0. The highest BCUT2D eigenvalue weighted by Gasteiger charge is 2.29. The second kappa shape index (κ2) is 9.03. The summed E-state index contributed by atoms with van der Waals surface area (Å²) < 4.78 is 17.3. The number of para-hydroxylation sites is 1. The third kappa shape index (κ3) is 4.32. The van der Waals surface area contributed by atoms with Gasteiger partial charge in [0, 0.05) is 30.0 Å². The summed E-state index contributed by atoms with van der Waals surface area (Å²) in [5.41, 5.74) is 1.49. The molecule has 2 aromatic carbocycles. The Morgan fingerprint density at radius 3 is 2.67 bits per heavy atom. The maximum atomic E-state index is 13.0. The van der Waals surface area contributed by atoms with Crippen LogP contribution >= 0.6 is 0 Å². The highest BCUT2D eigenvalue weighted by atomic mass is 16.5. The van der Waals surface area contributed by atoms with Gasteiger partial charge in [-0.25, -0.2) is 4.98 Å². The minimum atomic E-state index is -0.0725. The van der Waals surface area contributed by atoms with Gasteiger partial charge in [0.2, 0.25) is 5.88 Å². The summed E-state index contributed by atoms with van der Waals surface area (Å²) in [5.74, 6) is 1.81. The molecule has 0 aliphatic carbocycles. The Kier molecular flexibility index (Phi) is 6.02. The number of aromatic nitrogens is 1. The smallest absolute Gasteiger partial charge is 0.254 e. The third-order valence-corrected chi connectivity index (χ3v) is 5.08. The second-order valence-corrected chi connectivity index (χ2v) is 7.15. The zero-order valence-electron chi connectivity index (χ0n) is 17.3. The molecule has 1 aliphatic rings. The van der Waals surface area contributed by atoms with Crippen molar-refractivity contribution in [2.45, 2.75) is 26.4 Å². The van der Waals surface area contributed by atoms with E-state index in [2.05, 4.69) is 4.98 Å². The van der Waals surface area contributed by atoms with Gasteiger partial charge >= 0.3 is 0 Å². The van der Waals surface area contributed by atoms with Crippen molar-refractivity contribution in [3.8, 4) is 17.4 Å². The molecule has 30 heavy (non-hydrogen) atoms.